The van der Waals surface area contributed by atoms with Gasteiger partial charge in [-0.05, 0) is 0 Å². The van der Waals surface area contributed by atoms with Gasteiger partial charge in [0, 0.05) is 0 Å². The van der Waals surface area contributed by atoms with E-state index in [4.69, 9.17) is 0 Å². The fourth-order valence-electron chi connectivity index (χ4n) is 2.80. The second-order valence-corrected chi connectivity index (χ2v) is 15.9. The Kier molecular flexibility index (Phi) is 5.46. The quantitative estimate of drug-likeness (QED) is 0.712. The maximum absolute atomic E-state index is 13.3. The summed E-state index contributed by atoms with van der Waals surface area (Å²) in [5.74, 6) is 0. The Labute approximate surface area is 141 Å². The molecular formula is C18H22N2O2Sn. The van der Waals surface area contributed by atoms with Crippen molar-refractivity contribution in [3.63, 3.8) is 0 Å². The van der Waals surface area contributed by atoms with E-state index < -0.39 is 18.4 Å². The van der Waals surface area contributed by atoms with Gasteiger partial charge >= 0.3 is 142 Å². The van der Waals surface area contributed by atoms with Crippen molar-refractivity contribution in [1.82, 2.24) is 9.80 Å². The number of rotatable bonds is 4. The summed E-state index contributed by atoms with van der Waals surface area (Å²) in [4.78, 5) is 29.7. The molecule has 0 unspecified atom stereocenters. The zero-order chi connectivity index (χ0) is 17.0. The predicted molar refractivity (Wildman–Crippen MR) is 96.1 cm³/mol. The molecule has 0 N–H and O–H groups in total. The van der Waals surface area contributed by atoms with E-state index in [0.29, 0.717) is 0 Å². The summed E-state index contributed by atoms with van der Waals surface area (Å²) in [5.41, 5.74) is 0. The molecule has 0 heterocycles. The van der Waals surface area contributed by atoms with E-state index in [-0.39, 0.29) is 7.85 Å². The maximum atomic E-state index is 13.3. The third-order valence-corrected chi connectivity index (χ3v) is 16.9. The molecule has 120 valence electrons. The van der Waals surface area contributed by atoms with E-state index in [1.807, 2.05) is 60.7 Å². The van der Waals surface area contributed by atoms with Gasteiger partial charge in [-0.1, -0.05) is 0 Å². The van der Waals surface area contributed by atoms with E-state index in [0.717, 1.165) is 7.16 Å². The van der Waals surface area contributed by atoms with Crippen LogP contribution in [0.2, 0.25) is 0 Å². The molecule has 0 fully saturated rings. The van der Waals surface area contributed by atoms with E-state index in [1.165, 1.54) is 0 Å². The van der Waals surface area contributed by atoms with Gasteiger partial charge < -0.3 is 0 Å². The normalized spacial score (nSPS) is 11.0. The number of carbonyl (C=O) groups excluding carboxylic acids is 2. The molecule has 0 bridgehead atoms. The topological polar surface area (TPSA) is 40.6 Å². The number of benzene rings is 2. The summed E-state index contributed by atoms with van der Waals surface area (Å²) in [6.07, 6.45) is 0. The molecule has 5 heteroatoms. The van der Waals surface area contributed by atoms with Gasteiger partial charge in [-0.2, -0.15) is 0 Å². The first-order valence-corrected chi connectivity index (χ1v) is 13.2. The fraction of sp³-hybridized carbons (Fsp3) is 0.222. The summed E-state index contributed by atoms with van der Waals surface area (Å²) in [7, 11) is 6.90. The van der Waals surface area contributed by atoms with E-state index >= 15 is 0 Å². The van der Waals surface area contributed by atoms with Gasteiger partial charge in [0.25, 0.3) is 0 Å². The van der Waals surface area contributed by atoms with Gasteiger partial charge in [0.05, 0.1) is 0 Å². The summed E-state index contributed by atoms with van der Waals surface area (Å²) >= 11 is -4.29. The zero-order valence-corrected chi connectivity index (χ0v) is 16.8. The first-order valence-electron chi connectivity index (χ1n) is 7.47. The Hall–Kier alpha value is -1.82. The molecule has 2 aromatic carbocycles. The summed E-state index contributed by atoms with van der Waals surface area (Å²) in [6.45, 7) is 0. The number of hydrogen-bond acceptors (Lipinski definition) is 2. The van der Waals surface area contributed by atoms with Crippen LogP contribution in [0.5, 0.6) is 0 Å². The molecule has 0 atom stereocenters. The van der Waals surface area contributed by atoms with Crippen molar-refractivity contribution in [3.05, 3.63) is 60.7 Å². The molecular weight excluding hydrogens is 395 g/mol. The minimum absolute atomic E-state index is 0.0459. The van der Waals surface area contributed by atoms with Crippen molar-refractivity contribution >= 4 is 33.4 Å². The van der Waals surface area contributed by atoms with Crippen molar-refractivity contribution in [2.24, 2.45) is 0 Å². The van der Waals surface area contributed by atoms with Gasteiger partial charge in [-0.15, -0.1) is 0 Å². The molecule has 2 aromatic rings. The predicted octanol–water partition coefficient (Wildman–Crippen LogP) is 1.78. The average Bonchev–Trinajstić information content (AvgIpc) is 2.57. The van der Waals surface area contributed by atoms with Crippen molar-refractivity contribution in [2.45, 2.75) is 0 Å². The minimum atomic E-state index is -4.29. The molecule has 0 aromatic heterocycles. The fourth-order valence-corrected chi connectivity index (χ4v) is 14.9. The van der Waals surface area contributed by atoms with Crippen LogP contribution in [0.25, 0.3) is 0 Å². The molecule has 0 saturated carbocycles. The number of carbonyl (C=O) groups is 2. The Morgan fingerprint density at radius 1 is 0.652 bits per heavy atom. The summed E-state index contributed by atoms with van der Waals surface area (Å²) < 4.78 is 1.67. The summed E-state index contributed by atoms with van der Waals surface area (Å²) in [6, 6.07) is 19.1. The van der Waals surface area contributed by atoms with Crippen LogP contribution in [-0.4, -0.2) is 64.2 Å². The van der Waals surface area contributed by atoms with Crippen LogP contribution in [0.1, 0.15) is 0 Å². The van der Waals surface area contributed by atoms with Crippen molar-refractivity contribution in [2.75, 3.05) is 28.2 Å². The molecule has 0 radical (unpaired) electrons. The Morgan fingerprint density at radius 3 is 1.22 bits per heavy atom. The molecule has 0 saturated heterocycles. The van der Waals surface area contributed by atoms with E-state index in [9.17, 15) is 9.59 Å². The first-order chi connectivity index (χ1) is 10.9. The average molecular weight is 417 g/mol. The Bertz CT molecular complexity index is 623. The molecule has 0 spiro atoms. The third-order valence-electron chi connectivity index (χ3n) is 3.87. The number of hydrogen-bond donors (Lipinski definition) is 0. The number of nitrogens with zero attached hydrogens (tertiary/aromatic N) is 2. The van der Waals surface area contributed by atoms with Gasteiger partial charge in [0.15, 0.2) is 0 Å². The molecule has 0 aliphatic rings. The third kappa shape index (κ3) is 3.13. The van der Waals surface area contributed by atoms with Crippen molar-refractivity contribution in [1.29, 1.82) is 0 Å². The second kappa shape index (κ2) is 7.17. The van der Waals surface area contributed by atoms with Crippen LogP contribution in [0.4, 0.5) is 9.59 Å². The van der Waals surface area contributed by atoms with Crippen LogP contribution in [-0.2, 0) is 0 Å². The molecule has 2 rings (SSSR count). The summed E-state index contributed by atoms with van der Waals surface area (Å²) in [5, 5.41) is 0. The van der Waals surface area contributed by atoms with Crippen molar-refractivity contribution < 1.29 is 9.59 Å². The van der Waals surface area contributed by atoms with Gasteiger partial charge in [0.1, 0.15) is 0 Å². The molecule has 0 aliphatic heterocycles. The van der Waals surface area contributed by atoms with E-state index in [2.05, 4.69) is 0 Å². The van der Waals surface area contributed by atoms with Gasteiger partial charge in [-0.3, -0.25) is 0 Å². The van der Waals surface area contributed by atoms with E-state index in [1.54, 1.807) is 38.0 Å². The van der Waals surface area contributed by atoms with Crippen molar-refractivity contribution in [3.8, 4) is 0 Å². The molecule has 4 nitrogen and oxygen atoms in total. The monoisotopic (exact) mass is 418 g/mol. The van der Waals surface area contributed by atoms with Crippen LogP contribution in [0.3, 0.4) is 0 Å². The Morgan fingerprint density at radius 2 is 0.957 bits per heavy atom. The Balaban J connectivity index is 2.85. The first kappa shape index (κ1) is 17.5. The van der Waals surface area contributed by atoms with Gasteiger partial charge in [-0.25, -0.2) is 0 Å². The molecule has 23 heavy (non-hydrogen) atoms. The standard InChI is InChI=1S/2C6H5.2C3H6NO.Sn/c2*1-2-4-6-5-3-1;2*1-4(2)3-5;/h2*1-5H;2*1-2H3;. The second-order valence-electron chi connectivity index (χ2n) is 5.88. The van der Waals surface area contributed by atoms with Crippen LogP contribution in [0, 0.1) is 0 Å². The van der Waals surface area contributed by atoms with Crippen LogP contribution < -0.4 is 7.16 Å². The molecule has 2 amide bonds. The SMILES string of the molecule is CN(C)[C](=O)[Sn]([C](=O)N(C)C)([c]1ccccc1)[c]1ccccc1. The van der Waals surface area contributed by atoms with Crippen LogP contribution >= 0.6 is 0 Å². The zero-order valence-electron chi connectivity index (χ0n) is 14.0. The van der Waals surface area contributed by atoms with Crippen LogP contribution in [0.15, 0.2) is 60.7 Å². The van der Waals surface area contributed by atoms with Gasteiger partial charge in [0.2, 0.25) is 0 Å². The number of amides is 2. The molecule has 0 aliphatic carbocycles.